The average molecular weight is 194 g/mol. The van der Waals surface area contributed by atoms with Crippen LogP contribution >= 0.6 is 0 Å². The van der Waals surface area contributed by atoms with Crippen LogP contribution < -0.4 is 9.47 Å². The molecule has 74 valence electrons. The Bertz CT molecular complexity index is 359. The molecule has 0 amide bonds. The van der Waals surface area contributed by atoms with Crippen LogP contribution in [0.2, 0.25) is 0 Å². The minimum absolute atomic E-state index is 0.288. The van der Waals surface area contributed by atoms with E-state index in [4.69, 9.17) is 14.2 Å². The molecule has 0 aliphatic carbocycles. The van der Waals surface area contributed by atoms with Gasteiger partial charge in [-0.15, -0.1) is 0 Å². The quantitative estimate of drug-likeness (QED) is 0.631. The van der Waals surface area contributed by atoms with Gasteiger partial charge in [0.2, 0.25) is 0 Å². The van der Waals surface area contributed by atoms with Crippen molar-refractivity contribution in [2.24, 2.45) is 0 Å². The number of ether oxygens (including phenoxy) is 3. The predicted molar refractivity (Wildman–Crippen MR) is 48.8 cm³/mol. The number of esters is 1. The first kappa shape index (κ1) is 8.87. The summed E-state index contributed by atoms with van der Waals surface area (Å²) in [6.45, 7) is 0.681. The Balaban J connectivity index is 2.44. The lowest BCUT2D eigenvalue weighted by atomic mass is 10.2. The molecule has 1 heterocycles. The molecule has 14 heavy (non-hydrogen) atoms. The minimum atomic E-state index is -0.364. The van der Waals surface area contributed by atoms with Gasteiger partial charge in [-0.25, -0.2) is 4.79 Å². The fourth-order valence-corrected chi connectivity index (χ4v) is 1.29. The van der Waals surface area contributed by atoms with Gasteiger partial charge in [0, 0.05) is 0 Å². The number of cyclic esters (lactones) is 1. The molecular formula is C10H10O4. The molecule has 0 radical (unpaired) electrons. The van der Waals surface area contributed by atoms with E-state index in [-0.39, 0.29) is 12.6 Å². The molecular weight excluding hydrogens is 184 g/mol. The highest BCUT2D eigenvalue weighted by Gasteiger charge is 2.18. The summed E-state index contributed by atoms with van der Waals surface area (Å²) in [5.74, 6) is 0.802. The van der Waals surface area contributed by atoms with Crippen molar-refractivity contribution in [1.29, 1.82) is 0 Å². The fourth-order valence-electron chi connectivity index (χ4n) is 1.29. The van der Waals surface area contributed by atoms with Gasteiger partial charge < -0.3 is 14.2 Å². The fraction of sp³-hybridized carbons (Fsp3) is 0.300. The summed E-state index contributed by atoms with van der Waals surface area (Å²) in [5, 5.41) is 0. The molecule has 0 N–H and O–H groups in total. The molecule has 0 saturated carbocycles. The van der Waals surface area contributed by atoms with Crippen molar-refractivity contribution in [2.45, 2.75) is 0 Å². The van der Waals surface area contributed by atoms with E-state index in [0.29, 0.717) is 23.7 Å². The third kappa shape index (κ3) is 1.51. The molecule has 1 aliphatic rings. The molecule has 0 spiro atoms. The zero-order chi connectivity index (χ0) is 9.97. The van der Waals surface area contributed by atoms with E-state index in [1.165, 1.54) is 0 Å². The predicted octanol–water partition coefficient (Wildman–Crippen LogP) is 1.24. The lowest BCUT2D eigenvalue weighted by Crippen LogP contribution is -2.05. The van der Waals surface area contributed by atoms with Gasteiger partial charge in [0.1, 0.15) is 30.3 Å². The van der Waals surface area contributed by atoms with Crippen LogP contribution in [0.25, 0.3) is 0 Å². The Morgan fingerprint density at radius 1 is 1.29 bits per heavy atom. The number of fused-ring (bicyclic) bond motifs is 1. The number of carbonyl (C=O) groups is 1. The largest absolute Gasteiger partial charge is 0.497 e. The van der Waals surface area contributed by atoms with Crippen molar-refractivity contribution in [3.05, 3.63) is 23.8 Å². The molecule has 4 heteroatoms. The molecule has 1 aliphatic heterocycles. The third-order valence-electron chi connectivity index (χ3n) is 1.98. The van der Waals surface area contributed by atoms with E-state index in [2.05, 4.69) is 0 Å². The number of methoxy groups -OCH3 is 1. The molecule has 0 atom stereocenters. The van der Waals surface area contributed by atoms with Gasteiger partial charge >= 0.3 is 5.97 Å². The third-order valence-corrected chi connectivity index (χ3v) is 1.98. The van der Waals surface area contributed by atoms with E-state index < -0.39 is 0 Å². The van der Waals surface area contributed by atoms with Gasteiger partial charge in [-0.1, -0.05) is 0 Å². The highest BCUT2D eigenvalue weighted by molar-refractivity contribution is 5.93. The molecule has 1 aromatic rings. The second-order valence-electron chi connectivity index (χ2n) is 2.85. The van der Waals surface area contributed by atoms with Crippen molar-refractivity contribution in [1.82, 2.24) is 0 Å². The summed E-state index contributed by atoms with van der Waals surface area (Å²) in [7, 11) is 1.55. The molecule has 4 nitrogen and oxygen atoms in total. The Morgan fingerprint density at radius 2 is 2.07 bits per heavy atom. The lowest BCUT2D eigenvalue weighted by Gasteiger charge is -2.05. The maximum absolute atomic E-state index is 11.4. The first-order chi connectivity index (χ1) is 6.81. The Hall–Kier alpha value is -1.71. The van der Waals surface area contributed by atoms with Crippen molar-refractivity contribution in [3.8, 4) is 11.5 Å². The van der Waals surface area contributed by atoms with Crippen LogP contribution in [-0.2, 0) is 4.74 Å². The highest BCUT2D eigenvalue weighted by Crippen LogP contribution is 2.26. The number of rotatable bonds is 1. The minimum Gasteiger partial charge on any atom is -0.497 e. The molecule has 0 fully saturated rings. The molecule has 1 aromatic carbocycles. The standard InChI is InChI=1S/C10H10O4/c1-12-7-2-3-9-8(6-7)10(11)14-5-4-13-9/h2-3,6H,4-5H2,1H3. The van der Waals surface area contributed by atoms with Crippen molar-refractivity contribution < 1.29 is 19.0 Å². The van der Waals surface area contributed by atoms with Gasteiger partial charge in [0.15, 0.2) is 0 Å². The summed E-state index contributed by atoms with van der Waals surface area (Å²) in [4.78, 5) is 11.4. The van der Waals surface area contributed by atoms with Crippen LogP contribution in [0, 0.1) is 0 Å². The lowest BCUT2D eigenvalue weighted by molar-refractivity contribution is 0.0492. The normalized spacial score (nSPS) is 14.8. The zero-order valence-corrected chi connectivity index (χ0v) is 7.78. The van der Waals surface area contributed by atoms with Gasteiger partial charge in [-0.3, -0.25) is 0 Å². The van der Waals surface area contributed by atoms with Crippen LogP contribution in [0.3, 0.4) is 0 Å². The maximum Gasteiger partial charge on any atom is 0.342 e. The van der Waals surface area contributed by atoms with Crippen LogP contribution in [0.1, 0.15) is 10.4 Å². The summed E-state index contributed by atoms with van der Waals surface area (Å²) < 4.78 is 15.2. The molecule has 0 unspecified atom stereocenters. The first-order valence-electron chi connectivity index (χ1n) is 4.29. The van der Waals surface area contributed by atoms with Crippen LogP contribution in [0.4, 0.5) is 0 Å². The van der Waals surface area contributed by atoms with E-state index >= 15 is 0 Å². The number of hydrogen-bond acceptors (Lipinski definition) is 4. The SMILES string of the molecule is COc1ccc2c(c1)C(=O)OCCO2. The Kier molecular flexibility index (Phi) is 2.26. The molecule has 0 saturated heterocycles. The van der Waals surface area contributed by atoms with Gasteiger partial charge in [-0.2, -0.15) is 0 Å². The molecule has 0 aromatic heterocycles. The van der Waals surface area contributed by atoms with E-state index in [0.717, 1.165) is 0 Å². The number of carbonyl (C=O) groups excluding carboxylic acids is 1. The van der Waals surface area contributed by atoms with Crippen molar-refractivity contribution >= 4 is 5.97 Å². The van der Waals surface area contributed by atoms with Gasteiger partial charge in [0.25, 0.3) is 0 Å². The van der Waals surface area contributed by atoms with Crippen LogP contribution in [0.15, 0.2) is 18.2 Å². The van der Waals surface area contributed by atoms with Crippen molar-refractivity contribution in [2.75, 3.05) is 20.3 Å². The monoisotopic (exact) mass is 194 g/mol. The number of hydrogen-bond donors (Lipinski definition) is 0. The molecule has 2 rings (SSSR count). The second-order valence-corrected chi connectivity index (χ2v) is 2.85. The van der Waals surface area contributed by atoms with Crippen LogP contribution in [-0.4, -0.2) is 26.3 Å². The van der Waals surface area contributed by atoms with E-state index in [1.807, 2.05) is 0 Å². The maximum atomic E-state index is 11.4. The number of benzene rings is 1. The van der Waals surface area contributed by atoms with Gasteiger partial charge in [0.05, 0.1) is 7.11 Å². The highest BCUT2D eigenvalue weighted by atomic mass is 16.6. The molecule has 0 bridgehead atoms. The second kappa shape index (κ2) is 3.57. The van der Waals surface area contributed by atoms with Crippen LogP contribution in [0.5, 0.6) is 11.5 Å². The zero-order valence-electron chi connectivity index (χ0n) is 7.78. The summed E-state index contributed by atoms with van der Waals surface area (Å²) in [6.07, 6.45) is 0. The first-order valence-corrected chi connectivity index (χ1v) is 4.29. The van der Waals surface area contributed by atoms with E-state index in [1.54, 1.807) is 25.3 Å². The average Bonchev–Trinajstić information content (AvgIpc) is 2.40. The summed E-state index contributed by atoms with van der Waals surface area (Å²) >= 11 is 0. The smallest absolute Gasteiger partial charge is 0.342 e. The topological polar surface area (TPSA) is 44.8 Å². The van der Waals surface area contributed by atoms with Crippen molar-refractivity contribution in [3.63, 3.8) is 0 Å². The summed E-state index contributed by atoms with van der Waals surface area (Å²) in [5.41, 5.74) is 0.418. The summed E-state index contributed by atoms with van der Waals surface area (Å²) in [6, 6.07) is 5.07. The van der Waals surface area contributed by atoms with Gasteiger partial charge in [-0.05, 0) is 18.2 Å². The Labute approximate surface area is 81.4 Å². The Morgan fingerprint density at radius 3 is 2.86 bits per heavy atom. The van der Waals surface area contributed by atoms with E-state index in [9.17, 15) is 4.79 Å².